The van der Waals surface area contributed by atoms with Crippen molar-refractivity contribution in [1.82, 2.24) is 29.9 Å². The van der Waals surface area contributed by atoms with Crippen LogP contribution in [0.1, 0.15) is 13.8 Å². The second-order valence-electron chi connectivity index (χ2n) is 12.3. The number of H-pyrrole nitrogens is 3. The molecule has 0 amide bonds. The smallest absolute Gasteiger partial charge is 0.870 e. The van der Waals surface area contributed by atoms with Gasteiger partial charge in [-0.2, -0.15) is 23.4 Å². The molecular weight excluding hydrogens is 1040 g/mol. The fourth-order valence-electron chi connectivity index (χ4n) is 5.21. The van der Waals surface area contributed by atoms with Crippen molar-refractivity contribution < 1.29 is 180 Å². The van der Waals surface area contributed by atoms with E-state index in [9.17, 15) is 57.0 Å². The maximum Gasteiger partial charge on any atom is 1.00 e. The average molecular weight is 1060 g/mol. The summed E-state index contributed by atoms with van der Waals surface area (Å²) in [6.45, 7) is 3.35. The van der Waals surface area contributed by atoms with Crippen molar-refractivity contribution >= 4 is 103 Å². The SMILES string of the molecule is CC(C)Oc1nc(Cl)nc(=Nc2cc(N=c3nc(Cl)[nH]c(=Nc4cc(S(=O)(=O)[O-])cc5cc(S(=O)(=O)O)c(N=Nc6ccccc6S(=O)(=O)[O-])c([O-])c45)[nH]3)ccc2S(=O)(=O)[O-])[nH]1.[Na+].[Na+].[Na+].[Na+]. The Morgan fingerprint density at radius 3 is 1.89 bits per heavy atom. The van der Waals surface area contributed by atoms with Crippen LogP contribution in [0, 0.1) is 0 Å². The summed E-state index contributed by atoms with van der Waals surface area (Å²) in [5.74, 6) is -1.42. The topological polar surface area (TPSA) is 406 Å². The molecule has 0 fully saturated rings. The number of hydrogen-bond acceptors (Lipinski definition) is 21. The quantitative estimate of drug-likeness (QED) is 0.0532. The van der Waals surface area contributed by atoms with Crippen molar-refractivity contribution in [2.45, 2.75) is 39.5 Å². The Kier molecular flexibility index (Phi) is 21.6. The summed E-state index contributed by atoms with van der Waals surface area (Å²) in [4.78, 5) is 27.5. The summed E-state index contributed by atoms with van der Waals surface area (Å²) in [5.41, 5.74) is -4.40. The third-order valence-electron chi connectivity index (χ3n) is 7.56. The van der Waals surface area contributed by atoms with Crippen LogP contribution in [0.5, 0.6) is 11.8 Å². The van der Waals surface area contributed by atoms with Gasteiger partial charge in [0.05, 0.1) is 43.5 Å². The predicted molar refractivity (Wildman–Crippen MR) is 205 cm³/mol. The molecule has 2 heterocycles. The van der Waals surface area contributed by atoms with E-state index in [1.54, 1.807) is 13.8 Å². The molecule has 35 heteroatoms. The van der Waals surface area contributed by atoms with Crippen LogP contribution in [0.4, 0.5) is 28.4 Å². The molecule has 6 rings (SSSR count). The minimum atomic E-state index is -5.41. The molecule has 2 aromatic heterocycles. The molecule has 0 unspecified atom stereocenters. The van der Waals surface area contributed by atoms with E-state index >= 15 is 0 Å². The van der Waals surface area contributed by atoms with Gasteiger partial charge >= 0.3 is 118 Å². The number of aromatic nitrogens is 6. The van der Waals surface area contributed by atoms with Gasteiger partial charge in [-0.15, -0.1) is 10.2 Å². The zero-order valence-electron chi connectivity index (χ0n) is 34.6. The molecule has 0 atom stereocenters. The van der Waals surface area contributed by atoms with Crippen LogP contribution >= 0.6 is 23.2 Å². The minimum absolute atomic E-state index is 0. The summed E-state index contributed by atoms with van der Waals surface area (Å²) < 4.78 is 149. The van der Waals surface area contributed by atoms with E-state index in [1.165, 1.54) is 6.07 Å². The Balaban J connectivity index is 0.00000374. The summed E-state index contributed by atoms with van der Waals surface area (Å²) in [7, 11) is -21.1. The number of benzene rings is 4. The number of aromatic amines is 3. The number of ether oxygens (including phenoxy) is 1. The van der Waals surface area contributed by atoms with Crippen molar-refractivity contribution in [1.29, 1.82) is 0 Å². The molecule has 66 heavy (non-hydrogen) atoms. The summed E-state index contributed by atoms with van der Waals surface area (Å²) >= 11 is 12.1. The standard InChI is InChI=1S/C31H25Cl2N11O14S4.4Na/c1-13(2)58-31-40-27(33)39-30(42-31)35-18-11-15(7-8-21(18)61(52,53)54)34-28-37-26(32)38-29(41-28)36-19-12-16(59(46,47)48)9-14-10-22(62(55,56)57)24(25(45)23(14)19)44-43-17-5-3-4-6-20(17)60(49,50)51;;;;/h3-13,45H,1-2H3,(H,46,47,48)(H,49,50,51)(H,52,53,54)(H,55,56,57)(H,35,39,40,42)(H2,34,36,37,38,41);;;;/q;4*+1/p-4. The van der Waals surface area contributed by atoms with Gasteiger partial charge < -0.3 is 28.5 Å². The first-order chi connectivity index (χ1) is 28.8. The normalized spacial score (nSPS) is 13.0. The van der Waals surface area contributed by atoms with Crippen LogP contribution in [0.15, 0.2) is 105 Å². The number of azo groups is 1. The van der Waals surface area contributed by atoms with Gasteiger partial charge in [0, 0.05) is 5.39 Å². The Bertz CT molecular complexity index is 3560. The molecule has 0 aliphatic rings. The molecule has 0 spiro atoms. The van der Waals surface area contributed by atoms with Crippen LogP contribution in [0.2, 0.25) is 10.6 Å². The molecule has 0 aliphatic heterocycles. The van der Waals surface area contributed by atoms with Crippen LogP contribution in [-0.2, 0) is 40.5 Å². The average Bonchev–Trinajstić information content (AvgIpc) is 3.12. The van der Waals surface area contributed by atoms with Crippen molar-refractivity contribution in [3.63, 3.8) is 0 Å². The Labute approximate surface area is 471 Å². The molecule has 0 saturated heterocycles. The fraction of sp³-hybridized carbons (Fsp3) is 0.0968. The Morgan fingerprint density at radius 1 is 0.667 bits per heavy atom. The van der Waals surface area contributed by atoms with E-state index in [4.69, 9.17) is 27.9 Å². The Morgan fingerprint density at radius 2 is 1.29 bits per heavy atom. The fourth-order valence-corrected chi connectivity index (χ4v) is 7.92. The largest absolute Gasteiger partial charge is 1.00 e. The summed E-state index contributed by atoms with van der Waals surface area (Å²) in [6, 6.07) is 8.79. The summed E-state index contributed by atoms with van der Waals surface area (Å²) in [6.07, 6.45) is -0.388. The third kappa shape index (κ3) is 15.2. The molecule has 0 saturated carbocycles. The maximum absolute atomic E-state index is 14.0. The van der Waals surface area contributed by atoms with E-state index in [0.29, 0.717) is 18.2 Å². The first-order valence-corrected chi connectivity index (χ1v) is 22.8. The van der Waals surface area contributed by atoms with Gasteiger partial charge in [0.2, 0.25) is 27.4 Å². The molecule has 0 radical (unpaired) electrons. The van der Waals surface area contributed by atoms with Gasteiger partial charge in [0.25, 0.3) is 16.1 Å². The first-order valence-electron chi connectivity index (χ1n) is 16.4. The number of fused-ring (bicyclic) bond motifs is 1. The second-order valence-corrected chi connectivity index (χ2v) is 18.5. The van der Waals surface area contributed by atoms with Crippen molar-refractivity contribution in [2.75, 3.05) is 0 Å². The molecule has 0 aliphatic carbocycles. The van der Waals surface area contributed by atoms with E-state index in [0.717, 1.165) is 36.4 Å². The van der Waals surface area contributed by atoms with Crippen LogP contribution < -0.4 is 145 Å². The van der Waals surface area contributed by atoms with Gasteiger partial charge in [0.15, 0.2) is 0 Å². The van der Waals surface area contributed by atoms with Gasteiger partial charge in [-0.25, -0.2) is 40.2 Å². The molecule has 4 aromatic carbocycles. The van der Waals surface area contributed by atoms with Crippen LogP contribution in [-0.4, -0.2) is 87.9 Å². The molecule has 25 nitrogen and oxygen atoms in total. The molecule has 0 bridgehead atoms. The van der Waals surface area contributed by atoms with E-state index in [2.05, 4.69) is 55.1 Å². The summed E-state index contributed by atoms with van der Waals surface area (Å²) in [5, 5.41) is 19.0. The number of nitrogens with zero attached hydrogens (tertiary/aromatic N) is 8. The number of nitrogens with one attached hydrogen (secondary N) is 3. The molecule has 4 N–H and O–H groups in total. The van der Waals surface area contributed by atoms with Gasteiger partial charge in [0.1, 0.15) is 40.9 Å². The van der Waals surface area contributed by atoms with Crippen molar-refractivity contribution in [3.05, 3.63) is 88.1 Å². The van der Waals surface area contributed by atoms with E-state index in [-0.39, 0.29) is 147 Å². The maximum atomic E-state index is 14.0. The Hall–Kier alpha value is -2.02. The number of hydrogen-bond donors (Lipinski definition) is 4. The zero-order chi connectivity index (χ0) is 45.5. The predicted octanol–water partition coefficient (Wildman–Crippen LogP) is -9.74. The monoisotopic (exact) mass is 1060 g/mol. The number of halogens is 2. The van der Waals surface area contributed by atoms with Gasteiger partial charge in [-0.3, -0.25) is 14.5 Å². The zero-order valence-corrected chi connectivity index (χ0v) is 47.3. The van der Waals surface area contributed by atoms with Crippen molar-refractivity contribution in [3.8, 4) is 11.8 Å². The van der Waals surface area contributed by atoms with E-state index < -0.39 is 116 Å². The van der Waals surface area contributed by atoms with Gasteiger partial charge in [-0.1, -0.05) is 17.9 Å². The van der Waals surface area contributed by atoms with E-state index in [1.807, 2.05) is 0 Å². The van der Waals surface area contributed by atoms with Gasteiger partial charge in [-0.05, 0) is 91.0 Å². The van der Waals surface area contributed by atoms with Crippen molar-refractivity contribution in [2.24, 2.45) is 25.2 Å². The van der Waals surface area contributed by atoms with Crippen LogP contribution in [0.3, 0.4) is 0 Å². The first kappa shape index (κ1) is 60.1. The molecule has 326 valence electrons. The molecular formula is C31H21Cl2N11Na4O14S4. The van der Waals surface area contributed by atoms with Crippen LogP contribution in [0.25, 0.3) is 10.8 Å². The number of rotatable bonds is 11. The second kappa shape index (κ2) is 23.7. The molecule has 6 aromatic rings. The minimum Gasteiger partial charge on any atom is -0.870 e. The third-order valence-corrected chi connectivity index (χ3v) is 11.4.